The highest BCUT2D eigenvalue weighted by Crippen LogP contribution is 2.86. The highest BCUT2D eigenvalue weighted by atomic mass is 35.5. The van der Waals surface area contributed by atoms with Crippen molar-refractivity contribution in [3.63, 3.8) is 0 Å². The van der Waals surface area contributed by atoms with Crippen molar-refractivity contribution in [2.75, 3.05) is 0 Å². The van der Waals surface area contributed by atoms with E-state index in [4.69, 9.17) is 23.2 Å². The fourth-order valence-corrected chi connectivity index (χ4v) is 5.38. The van der Waals surface area contributed by atoms with Crippen LogP contribution in [0, 0.1) is 17.3 Å². The number of hydrogen-bond acceptors (Lipinski definition) is 0. The molecule has 90 valence electrons. The van der Waals surface area contributed by atoms with Gasteiger partial charge in [-0.2, -0.15) is 0 Å². The van der Waals surface area contributed by atoms with Gasteiger partial charge in [-0.3, -0.25) is 0 Å². The van der Waals surface area contributed by atoms with Crippen LogP contribution < -0.4 is 0 Å². The van der Waals surface area contributed by atoms with Gasteiger partial charge in [0, 0.05) is 11.3 Å². The molecule has 0 saturated heterocycles. The zero-order chi connectivity index (χ0) is 11.7. The minimum absolute atomic E-state index is 0.220. The third kappa shape index (κ3) is 1.26. The molecule has 1 aromatic rings. The summed E-state index contributed by atoms with van der Waals surface area (Å²) < 4.78 is -0.503. The number of rotatable bonds is 3. The maximum Gasteiger partial charge on any atom is 0.132 e. The lowest BCUT2D eigenvalue weighted by Crippen LogP contribution is -2.15. The van der Waals surface area contributed by atoms with Crippen molar-refractivity contribution in [1.82, 2.24) is 0 Å². The number of halogens is 2. The van der Waals surface area contributed by atoms with Gasteiger partial charge < -0.3 is 0 Å². The minimum Gasteiger partial charge on any atom is -0.100 e. The van der Waals surface area contributed by atoms with Crippen LogP contribution in [0.3, 0.4) is 0 Å². The summed E-state index contributed by atoms with van der Waals surface area (Å²) in [7, 11) is 0. The first-order valence-electron chi connectivity index (χ1n) is 6.62. The molecule has 3 aliphatic carbocycles. The molecule has 0 N–H and O–H groups in total. The number of benzene rings is 1. The first-order chi connectivity index (χ1) is 8.19. The molecule has 4 rings (SSSR count). The monoisotopic (exact) mass is 266 g/mol. The van der Waals surface area contributed by atoms with Gasteiger partial charge in [-0.05, 0) is 43.1 Å². The van der Waals surface area contributed by atoms with Crippen molar-refractivity contribution < 1.29 is 0 Å². The standard InChI is InChI=1S/C15H16Cl2/c16-15(17)13(10-4-2-1-3-5-10)14(15,11-6-7-11)12-8-9-12/h1-5,11-13H,6-9H2. The van der Waals surface area contributed by atoms with Gasteiger partial charge in [0.05, 0.1) is 0 Å². The topological polar surface area (TPSA) is 0 Å². The summed E-state index contributed by atoms with van der Waals surface area (Å²) in [5.74, 6) is 1.95. The molecule has 3 saturated carbocycles. The Balaban J connectivity index is 1.77. The first kappa shape index (κ1) is 10.7. The van der Waals surface area contributed by atoms with Gasteiger partial charge in [-0.1, -0.05) is 30.3 Å². The summed E-state index contributed by atoms with van der Waals surface area (Å²) in [4.78, 5) is 0. The largest absolute Gasteiger partial charge is 0.132 e. The van der Waals surface area contributed by atoms with Gasteiger partial charge >= 0.3 is 0 Å². The van der Waals surface area contributed by atoms with Crippen LogP contribution in [0.1, 0.15) is 37.2 Å². The summed E-state index contributed by atoms with van der Waals surface area (Å²) in [5.41, 5.74) is 1.56. The van der Waals surface area contributed by atoms with Crippen LogP contribution in [0.2, 0.25) is 0 Å². The molecule has 0 heterocycles. The van der Waals surface area contributed by atoms with E-state index in [0.29, 0.717) is 5.92 Å². The summed E-state index contributed by atoms with van der Waals surface area (Å²) in [5, 5.41) is 0. The van der Waals surface area contributed by atoms with Crippen molar-refractivity contribution in [1.29, 1.82) is 0 Å². The molecule has 0 nitrogen and oxygen atoms in total. The highest BCUT2D eigenvalue weighted by Gasteiger charge is 2.83. The maximum absolute atomic E-state index is 6.70. The SMILES string of the molecule is ClC1(Cl)C(c2ccccc2)C1(C1CC1)C1CC1. The molecular formula is C15H16Cl2. The molecule has 0 aromatic heterocycles. The zero-order valence-corrected chi connectivity index (χ0v) is 11.2. The van der Waals surface area contributed by atoms with Gasteiger partial charge in [0.1, 0.15) is 4.33 Å². The fourth-order valence-electron chi connectivity index (χ4n) is 4.05. The second-order valence-electron chi connectivity index (χ2n) is 5.95. The Morgan fingerprint density at radius 3 is 1.88 bits per heavy atom. The average Bonchev–Trinajstić information content (AvgIpc) is 3.18. The van der Waals surface area contributed by atoms with Gasteiger partial charge in [0.2, 0.25) is 0 Å². The van der Waals surface area contributed by atoms with Gasteiger partial charge in [-0.15, -0.1) is 23.2 Å². The number of hydrogen-bond donors (Lipinski definition) is 0. The normalized spacial score (nSPS) is 33.4. The van der Waals surface area contributed by atoms with E-state index in [0.717, 1.165) is 11.8 Å². The predicted molar refractivity (Wildman–Crippen MR) is 71.5 cm³/mol. The van der Waals surface area contributed by atoms with E-state index >= 15 is 0 Å². The molecule has 0 aliphatic heterocycles. The molecule has 1 unspecified atom stereocenters. The van der Waals surface area contributed by atoms with Crippen molar-refractivity contribution >= 4 is 23.2 Å². The van der Waals surface area contributed by atoms with E-state index in [1.807, 2.05) is 0 Å². The van der Waals surface area contributed by atoms with Crippen LogP contribution in [0.5, 0.6) is 0 Å². The third-order valence-electron chi connectivity index (χ3n) is 4.97. The summed E-state index contributed by atoms with van der Waals surface area (Å²) in [6.07, 6.45) is 5.34. The number of alkyl halides is 2. The van der Waals surface area contributed by atoms with Gasteiger partial charge in [-0.25, -0.2) is 0 Å². The molecule has 3 fully saturated rings. The van der Waals surface area contributed by atoms with Gasteiger partial charge in [0.25, 0.3) is 0 Å². The van der Waals surface area contributed by atoms with Crippen LogP contribution >= 0.6 is 23.2 Å². The van der Waals surface area contributed by atoms with Crippen molar-refractivity contribution in [2.45, 2.75) is 35.9 Å². The molecular weight excluding hydrogens is 251 g/mol. The Morgan fingerprint density at radius 1 is 0.882 bits per heavy atom. The molecule has 17 heavy (non-hydrogen) atoms. The molecule has 3 aliphatic rings. The molecule has 0 amide bonds. The smallest absolute Gasteiger partial charge is 0.100 e. The van der Waals surface area contributed by atoms with E-state index in [-0.39, 0.29) is 5.41 Å². The van der Waals surface area contributed by atoms with E-state index in [1.165, 1.54) is 31.2 Å². The van der Waals surface area contributed by atoms with Crippen molar-refractivity contribution in [3.8, 4) is 0 Å². The van der Waals surface area contributed by atoms with Crippen LogP contribution in [-0.4, -0.2) is 4.33 Å². The molecule has 0 spiro atoms. The summed E-state index contributed by atoms with van der Waals surface area (Å²) in [6, 6.07) is 10.6. The Morgan fingerprint density at radius 2 is 1.41 bits per heavy atom. The van der Waals surface area contributed by atoms with E-state index in [2.05, 4.69) is 30.3 Å². The molecule has 1 aromatic carbocycles. The zero-order valence-electron chi connectivity index (χ0n) is 9.70. The van der Waals surface area contributed by atoms with E-state index in [9.17, 15) is 0 Å². The first-order valence-corrected chi connectivity index (χ1v) is 7.37. The summed E-state index contributed by atoms with van der Waals surface area (Å²) >= 11 is 13.4. The quantitative estimate of drug-likeness (QED) is 0.692. The van der Waals surface area contributed by atoms with Gasteiger partial charge in [0.15, 0.2) is 0 Å². The Bertz CT molecular complexity index is 431. The Kier molecular flexibility index (Phi) is 2.02. The lowest BCUT2D eigenvalue weighted by Gasteiger charge is -2.16. The van der Waals surface area contributed by atoms with Crippen LogP contribution in [0.15, 0.2) is 30.3 Å². The van der Waals surface area contributed by atoms with Crippen LogP contribution in [-0.2, 0) is 0 Å². The molecule has 1 atom stereocenters. The molecule has 0 radical (unpaired) electrons. The van der Waals surface area contributed by atoms with Crippen LogP contribution in [0.25, 0.3) is 0 Å². The second kappa shape index (κ2) is 3.22. The molecule has 2 heteroatoms. The van der Waals surface area contributed by atoms with E-state index in [1.54, 1.807) is 0 Å². The maximum atomic E-state index is 6.70. The second-order valence-corrected chi connectivity index (χ2v) is 7.33. The lowest BCUT2D eigenvalue weighted by atomic mass is 9.89. The Hall–Kier alpha value is -0.200. The minimum atomic E-state index is -0.503. The van der Waals surface area contributed by atoms with Crippen LogP contribution in [0.4, 0.5) is 0 Å². The fraction of sp³-hybridized carbons (Fsp3) is 0.600. The predicted octanol–water partition coefficient (Wildman–Crippen LogP) is 4.76. The Labute approximate surface area is 112 Å². The van der Waals surface area contributed by atoms with E-state index < -0.39 is 4.33 Å². The lowest BCUT2D eigenvalue weighted by molar-refractivity contribution is 0.359. The average molecular weight is 267 g/mol. The summed E-state index contributed by atoms with van der Waals surface area (Å²) in [6.45, 7) is 0. The highest BCUT2D eigenvalue weighted by molar-refractivity contribution is 6.52. The van der Waals surface area contributed by atoms with Crippen molar-refractivity contribution in [2.24, 2.45) is 17.3 Å². The molecule has 0 bridgehead atoms. The van der Waals surface area contributed by atoms with Crippen molar-refractivity contribution in [3.05, 3.63) is 35.9 Å². The third-order valence-corrected chi connectivity index (χ3v) is 6.06.